The van der Waals surface area contributed by atoms with E-state index in [1.54, 1.807) is 25.1 Å². The van der Waals surface area contributed by atoms with Crippen LogP contribution in [0.3, 0.4) is 0 Å². The Bertz CT molecular complexity index is 1080. The van der Waals surface area contributed by atoms with Gasteiger partial charge in [0.25, 0.3) is 0 Å². The van der Waals surface area contributed by atoms with E-state index in [1.807, 2.05) is 6.07 Å². The molecule has 1 unspecified atom stereocenters. The van der Waals surface area contributed by atoms with E-state index in [0.29, 0.717) is 22.6 Å². The number of nitrogens with two attached hydrogens (primary N) is 1. The summed E-state index contributed by atoms with van der Waals surface area (Å²) in [7, 11) is 0. The lowest BCUT2D eigenvalue weighted by Gasteiger charge is -2.27. The van der Waals surface area contributed by atoms with E-state index in [-0.39, 0.29) is 35.5 Å². The molecule has 0 saturated heterocycles. The summed E-state index contributed by atoms with van der Waals surface area (Å²) in [5, 5.41) is 19.5. The van der Waals surface area contributed by atoms with Gasteiger partial charge in [0.05, 0.1) is 17.2 Å². The van der Waals surface area contributed by atoms with E-state index >= 15 is 0 Å². The molecule has 0 radical (unpaired) electrons. The molecular weight excluding hydrogens is 372 g/mol. The number of aromatic nitrogens is 1. The average Bonchev–Trinajstić information content (AvgIpc) is 3.16. The van der Waals surface area contributed by atoms with Gasteiger partial charge in [-0.3, -0.25) is 4.79 Å². The third kappa shape index (κ3) is 3.19. The van der Waals surface area contributed by atoms with Gasteiger partial charge in [0.1, 0.15) is 29.6 Å². The minimum Gasteiger partial charge on any atom is -0.462 e. The molecule has 1 atom stereocenters. The summed E-state index contributed by atoms with van der Waals surface area (Å²) < 4.78 is 16.2. The third-order valence-electron chi connectivity index (χ3n) is 5.24. The van der Waals surface area contributed by atoms with Gasteiger partial charge in [-0.25, -0.2) is 4.98 Å². The standard InChI is InChI=1S/C21H18N4O4/c1-11(21(26)29-13-3-2-4-13)19-14(8-22)18(15(9-23)20(24)25-19)12-5-6-16-17(7-12)28-10-27-16/h5-7,11,13H,2-4,10H2,1H3,(H2,24,25). The lowest BCUT2D eigenvalue weighted by atomic mass is 9.90. The molecule has 29 heavy (non-hydrogen) atoms. The molecule has 4 rings (SSSR count). The highest BCUT2D eigenvalue weighted by atomic mass is 16.7. The molecule has 1 saturated carbocycles. The molecule has 8 heteroatoms. The van der Waals surface area contributed by atoms with Gasteiger partial charge in [-0.2, -0.15) is 10.5 Å². The minimum absolute atomic E-state index is 0.0440. The summed E-state index contributed by atoms with van der Waals surface area (Å²) in [5.41, 5.74) is 7.29. The predicted octanol–water partition coefficient (Wildman–Crippen LogP) is 3.00. The van der Waals surface area contributed by atoms with Crippen LogP contribution in [0.2, 0.25) is 0 Å². The predicted molar refractivity (Wildman–Crippen MR) is 102 cm³/mol. The number of nitriles is 2. The first-order chi connectivity index (χ1) is 14.0. The van der Waals surface area contributed by atoms with Crippen LogP contribution >= 0.6 is 0 Å². The number of rotatable bonds is 4. The second-order valence-corrected chi connectivity index (χ2v) is 7.01. The van der Waals surface area contributed by atoms with Gasteiger partial charge in [0, 0.05) is 5.56 Å². The lowest BCUT2D eigenvalue weighted by Crippen LogP contribution is -2.28. The fourth-order valence-electron chi connectivity index (χ4n) is 3.37. The van der Waals surface area contributed by atoms with E-state index < -0.39 is 11.9 Å². The zero-order valence-electron chi connectivity index (χ0n) is 15.8. The summed E-state index contributed by atoms with van der Waals surface area (Å²) in [6.07, 6.45) is 2.63. The van der Waals surface area contributed by atoms with Crippen LogP contribution in [-0.4, -0.2) is 23.9 Å². The van der Waals surface area contributed by atoms with Crippen LogP contribution in [0.5, 0.6) is 11.5 Å². The molecule has 1 fully saturated rings. The third-order valence-corrected chi connectivity index (χ3v) is 5.24. The number of ether oxygens (including phenoxy) is 3. The van der Waals surface area contributed by atoms with Crippen LogP contribution in [0.25, 0.3) is 11.1 Å². The monoisotopic (exact) mass is 390 g/mol. The van der Waals surface area contributed by atoms with Crippen molar-refractivity contribution >= 4 is 11.8 Å². The molecule has 2 aliphatic rings. The van der Waals surface area contributed by atoms with Crippen LogP contribution in [0, 0.1) is 22.7 Å². The van der Waals surface area contributed by atoms with Gasteiger partial charge in [0.2, 0.25) is 6.79 Å². The van der Waals surface area contributed by atoms with Crippen molar-refractivity contribution in [2.45, 2.75) is 38.2 Å². The molecule has 0 spiro atoms. The molecule has 8 nitrogen and oxygen atoms in total. The quantitative estimate of drug-likeness (QED) is 0.788. The lowest BCUT2D eigenvalue weighted by molar-refractivity contribution is -0.154. The highest BCUT2D eigenvalue weighted by Gasteiger charge is 2.31. The molecule has 2 aromatic rings. The summed E-state index contributed by atoms with van der Waals surface area (Å²) in [6.45, 7) is 1.72. The first kappa shape index (κ1) is 18.6. The van der Waals surface area contributed by atoms with Crippen molar-refractivity contribution in [3.05, 3.63) is 35.0 Å². The van der Waals surface area contributed by atoms with Crippen LogP contribution < -0.4 is 15.2 Å². The Labute approximate surface area is 167 Å². The number of nitrogens with zero attached hydrogens (tertiary/aromatic N) is 3. The molecular formula is C21H18N4O4. The molecule has 1 aliphatic carbocycles. The van der Waals surface area contributed by atoms with Crippen molar-refractivity contribution < 1.29 is 19.0 Å². The van der Waals surface area contributed by atoms with E-state index in [9.17, 15) is 15.3 Å². The average molecular weight is 390 g/mol. The first-order valence-electron chi connectivity index (χ1n) is 9.27. The highest BCUT2D eigenvalue weighted by molar-refractivity contribution is 5.86. The number of fused-ring (bicyclic) bond motifs is 1. The Kier molecular flexibility index (Phi) is 4.69. The molecule has 2 heterocycles. The van der Waals surface area contributed by atoms with Crippen LogP contribution in [-0.2, 0) is 9.53 Å². The number of carbonyl (C=O) groups excluding carboxylic acids is 1. The number of pyridine rings is 1. The molecule has 1 aliphatic heterocycles. The van der Waals surface area contributed by atoms with Gasteiger partial charge < -0.3 is 19.9 Å². The highest BCUT2D eigenvalue weighted by Crippen LogP contribution is 2.40. The van der Waals surface area contributed by atoms with Crippen molar-refractivity contribution in [1.29, 1.82) is 10.5 Å². The number of benzene rings is 1. The Morgan fingerprint density at radius 2 is 1.97 bits per heavy atom. The Balaban J connectivity index is 1.83. The van der Waals surface area contributed by atoms with Crippen molar-refractivity contribution in [2.24, 2.45) is 0 Å². The Morgan fingerprint density at radius 3 is 2.62 bits per heavy atom. The second kappa shape index (κ2) is 7.33. The molecule has 1 aromatic carbocycles. The maximum Gasteiger partial charge on any atom is 0.315 e. The normalized spacial score (nSPS) is 15.7. The maximum atomic E-state index is 12.6. The van der Waals surface area contributed by atoms with Gasteiger partial charge >= 0.3 is 5.97 Å². The van der Waals surface area contributed by atoms with E-state index in [0.717, 1.165) is 19.3 Å². The fourth-order valence-corrected chi connectivity index (χ4v) is 3.37. The Morgan fingerprint density at radius 1 is 1.24 bits per heavy atom. The molecule has 0 bridgehead atoms. The molecule has 146 valence electrons. The zero-order valence-corrected chi connectivity index (χ0v) is 15.8. The minimum atomic E-state index is -0.798. The molecule has 0 amide bonds. The van der Waals surface area contributed by atoms with Crippen molar-refractivity contribution in [3.8, 4) is 34.8 Å². The van der Waals surface area contributed by atoms with Crippen molar-refractivity contribution in [2.75, 3.05) is 12.5 Å². The number of anilines is 1. The number of hydrogen-bond donors (Lipinski definition) is 1. The summed E-state index contributed by atoms with van der Waals surface area (Å²) in [5.74, 6) is -0.222. The SMILES string of the molecule is CC(C(=O)OC1CCC1)c1nc(N)c(C#N)c(-c2ccc3c(c2)OCO3)c1C#N. The molecule has 2 N–H and O–H groups in total. The smallest absolute Gasteiger partial charge is 0.315 e. The number of hydrogen-bond acceptors (Lipinski definition) is 8. The van der Waals surface area contributed by atoms with Crippen molar-refractivity contribution in [1.82, 2.24) is 4.98 Å². The summed E-state index contributed by atoms with van der Waals surface area (Å²) >= 11 is 0. The maximum absolute atomic E-state index is 12.6. The summed E-state index contributed by atoms with van der Waals surface area (Å²) in [6, 6.07) is 9.22. The molecule has 1 aromatic heterocycles. The summed E-state index contributed by atoms with van der Waals surface area (Å²) in [4.78, 5) is 16.8. The van der Waals surface area contributed by atoms with E-state index in [1.165, 1.54) is 0 Å². The van der Waals surface area contributed by atoms with E-state index in [2.05, 4.69) is 11.1 Å². The fraction of sp³-hybridized carbons (Fsp3) is 0.333. The Hall–Kier alpha value is -3.78. The number of esters is 1. The van der Waals surface area contributed by atoms with Gasteiger partial charge in [-0.1, -0.05) is 6.07 Å². The largest absolute Gasteiger partial charge is 0.462 e. The van der Waals surface area contributed by atoms with Gasteiger partial charge in [0.15, 0.2) is 11.5 Å². The zero-order chi connectivity index (χ0) is 20.5. The second-order valence-electron chi connectivity index (χ2n) is 7.01. The van der Waals surface area contributed by atoms with Crippen LogP contribution in [0.15, 0.2) is 18.2 Å². The number of nitrogen functional groups attached to an aromatic ring is 1. The van der Waals surface area contributed by atoms with Gasteiger partial charge in [-0.15, -0.1) is 0 Å². The topological polar surface area (TPSA) is 131 Å². The van der Waals surface area contributed by atoms with E-state index in [4.69, 9.17) is 19.9 Å². The number of carbonyl (C=O) groups is 1. The first-order valence-corrected chi connectivity index (χ1v) is 9.27. The van der Waals surface area contributed by atoms with Crippen molar-refractivity contribution in [3.63, 3.8) is 0 Å². The van der Waals surface area contributed by atoms with Gasteiger partial charge in [-0.05, 0) is 43.9 Å². The van der Waals surface area contributed by atoms with Crippen LogP contribution in [0.4, 0.5) is 5.82 Å². The van der Waals surface area contributed by atoms with Crippen LogP contribution in [0.1, 0.15) is 48.9 Å².